The number of halogens is 1. The van der Waals surface area contributed by atoms with Gasteiger partial charge in [-0.15, -0.1) is 0 Å². The molecule has 3 rings (SSSR count). The first-order chi connectivity index (χ1) is 10.2. The van der Waals surface area contributed by atoms with Crippen LogP contribution in [0.25, 0.3) is 10.8 Å². The molecule has 21 heavy (non-hydrogen) atoms. The molecule has 0 atom stereocenters. The Morgan fingerprint density at radius 2 is 1.86 bits per heavy atom. The van der Waals surface area contributed by atoms with Crippen molar-refractivity contribution >= 4 is 38.3 Å². The molecule has 0 saturated carbocycles. The molecule has 0 unspecified atom stereocenters. The summed E-state index contributed by atoms with van der Waals surface area (Å²) in [7, 11) is 0. The minimum atomic E-state index is 0.120. The molecule has 1 saturated heterocycles. The largest absolute Gasteiger partial charge is 0.326 e. The van der Waals surface area contributed by atoms with Crippen LogP contribution in [0.1, 0.15) is 19.3 Å². The number of fused-ring (bicyclic) bond motifs is 1. The van der Waals surface area contributed by atoms with E-state index in [1.807, 2.05) is 30.3 Å². The fourth-order valence-corrected chi connectivity index (χ4v) is 3.40. The molecular formula is C17H19BrN2O. The van der Waals surface area contributed by atoms with Crippen molar-refractivity contribution in [2.45, 2.75) is 19.3 Å². The minimum absolute atomic E-state index is 0.120. The Hall–Kier alpha value is -1.39. The summed E-state index contributed by atoms with van der Waals surface area (Å²) in [6, 6.07) is 12.1. The fraction of sp³-hybridized carbons (Fsp3) is 0.353. The molecule has 0 aliphatic carbocycles. The van der Waals surface area contributed by atoms with E-state index >= 15 is 0 Å². The first kappa shape index (κ1) is 14.5. The summed E-state index contributed by atoms with van der Waals surface area (Å²) in [5, 5.41) is 8.61. The minimum Gasteiger partial charge on any atom is -0.326 e. The number of anilines is 1. The highest BCUT2D eigenvalue weighted by atomic mass is 79.9. The third-order valence-corrected chi connectivity index (χ3v) is 4.77. The van der Waals surface area contributed by atoms with Crippen molar-refractivity contribution in [3.8, 4) is 0 Å². The Morgan fingerprint density at radius 3 is 2.62 bits per heavy atom. The monoisotopic (exact) mass is 346 g/mol. The van der Waals surface area contributed by atoms with E-state index in [-0.39, 0.29) is 5.91 Å². The Morgan fingerprint density at radius 1 is 1.14 bits per heavy atom. The van der Waals surface area contributed by atoms with Crippen LogP contribution in [0.4, 0.5) is 5.69 Å². The van der Waals surface area contributed by atoms with Crippen LogP contribution in [0, 0.1) is 5.92 Å². The highest BCUT2D eigenvalue weighted by molar-refractivity contribution is 9.10. The predicted octanol–water partition coefficient (Wildman–Crippen LogP) is 3.93. The molecular weight excluding hydrogens is 328 g/mol. The SMILES string of the molecule is O=C(CC1CCNCC1)Nc1ccc(Br)c2ccccc12. The van der Waals surface area contributed by atoms with Crippen molar-refractivity contribution in [1.82, 2.24) is 5.32 Å². The van der Waals surface area contributed by atoms with Crippen LogP contribution >= 0.6 is 15.9 Å². The van der Waals surface area contributed by atoms with Gasteiger partial charge in [0.1, 0.15) is 0 Å². The lowest BCUT2D eigenvalue weighted by Gasteiger charge is -2.22. The van der Waals surface area contributed by atoms with Gasteiger partial charge >= 0.3 is 0 Å². The molecule has 0 radical (unpaired) electrons. The van der Waals surface area contributed by atoms with Gasteiger partial charge in [-0.25, -0.2) is 0 Å². The van der Waals surface area contributed by atoms with Crippen LogP contribution in [-0.4, -0.2) is 19.0 Å². The van der Waals surface area contributed by atoms with Crippen LogP contribution in [-0.2, 0) is 4.79 Å². The zero-order valence-corrected chi connectivity index (χ0v) is 13.4. The Labute approximate surface area is 133 Å². The lowest BCUT2D eigenvalue weighted by atomic mass is 9.94. The summed E-state index contributed by atoms with van der Waals surface area (Å²) in [6.45, 7) is 2.05. The fourth-order valence-electron chi connectivity index (χ4n) is 2.92. The van der Waals surface area contributed by atoms with Crippen molar-refractivity contribution in [2.75, 3.05) is 18.4 Å². The van der Waals surface area contributed by atoms with Crippen molar-refractivity contribution in [3.63, 3.8) is 0 Å². The van der Waals surface area contributed by atoms with Gasteiger partial charge < -0.3 is 10.6 Å². The second-order valence-electron chi connectivity index (χ2n) is 5.59. The van der Waals surface area contributed by atoms with Crippen molar-refractivity contribution in [2.24, 2.45) is 5.92 Å². The first-order valence-electron chi connectivity index (χ1n) is 7.42. The summed E-state index contributed by atoms with van der Waals surface area (Å²) >= 11 is 3.56. The predicted molar refractivity (Wildman–Crippen MR) is 90.5 cm³/mol. The molecule has 2 aromatic carbocycles. The number of rotatable bonds is 3. The summed E-state index contributed by atoms with van der Waals surface area (Å²) in [4.78, 5) is 12.3. The van der Waals surface area contributed by atoms with Gasteiger partial charge in [0.2, 0.25) is 5.91 Å². The Bertz CT molecular complexity index is 650. The average Bonchev–Trinajstić information content (AvgIpc) is 2.51. The van der Waals surface area contributed by atoms with Crippen molar-refractivity contribution < 1.29 is 4.79 Å². The number of benzene rings is 2. The third-order valence-electron chi connectivity index (χ3n) is 4.08. The highest BCUT2D eigenvalue weighted by Gasteiger charge is 2.17. The van der Waals surface area contributed by atoms with Gasteiger partial charge in [0.05, 0.1) is 0 Å². The van der Waals surface area contributed by atoms with Crippen LogP contribution in [0.3, 0.4) is 0 Å². The summed E-state index contributed by atoms with van der Waals surface area (Å²) in [5.41, 5.74) is 0.896. The molecule has 1 aliphatic rings. The lowest BCUT2D eigenvalue weighted by Crippen LogP contribution is -2.30. The number of nitrogens with one attached hydrogen (secondary N) is 2. The van der Waals surface area contributed by atoms with E-state index in [1.165, 1.54) is 0 Å². The maximum absolute atomic E-state index is 12.3. The van der Waals surface area contributed by atoms with Gasteiger partial charge in [0.15, 0.2) is 0 Å². The molecule has 1 aliphatic heterocycles. The van der Waals surface area contributed by atoms with Crippen molar-refractivity contribution in [1.29, 1.82) is 0 Å². The molecule has 2 aromatic rings. The maximum atomic E-state index is 12.3. The second kappa shape index (κ2) is 6.58. The number of carbonyl (C=O) groups excluding carboxylic acids is 1. The van der Waals surface area contributed by atoms with Crippen LogP contribution < -0.4 is 10.6 Å². The molecule has 0 bridgehead atoms. The quantitative estimate of drug-likeness (QED) is 0.883. The van der Waals surface area contributed by atoms with Gasteiger partial charge in [-0.1, -0.05) is 40.2 Å². The number of carbonyl (C=O) groups is 1. The Balaban J connectivity index is 1.75. The zero-order chi connectivity index (χ0) is 14.7. The topological polar surface area (TPSA) is 41.1 Å². The molecule has 1 fully saturated rings. The summed E-state index contributed by atoms with van der Waals surface area (Å²) < 4.78 is 1.05. The molecule has 0 spiro atoms. The first-order valence-corrected chi connectivity index (χ1v) is 8.21. The van der Waals surface area contributed by atoms with Gasteiger partial charge in [0.25, 0.3) is 0 Å². The van der Waals surface area contributed by atoms with Gasteiger partial charge in [0, 0.05) is 22.0 Å². The third kappa shape index (κ3) is 3.44. The van der Waals surface area contributed by atoms with Gasteiger partial charge in [-0.3, -0.25) is 4.79 Å². The zero-order valence-electron chi connectivity index (χ0n) is 11.9. The van der Waals surface area contributed by atoms with Crippen LogP contribution in [0.15, 0.2) is 40.9 Å². The standard InChI is InChI=1S/C17H19BrN2O/c18-15-5-6-16(14-4-2-1-3-13(14)15)20-17(21)11-12-7-9-19-10-8-12/h1-6,12,19H,7-11H2,(H,20,21). The molecule has 1 heterocycles. The van der Waals surface area contributed by atoms with E-state index in [9.17, 15) is 4.79 Å². The molecule has 110 valence electrons. The number of piperidine rings is 1. The molecule has 3 nitrogen and oxygen atoms in total. The molecule has 2 N–H and O–H groups in total. The smallest absolute Gasteiger partial charge is 0.224 e. The summed E-state index contributed by atoms with van der Waals surface area (Å²) in [5.74, 6) is 0.627. The highest BCUT2D eigenvalue weighted by Crippen LogP contribution is 2.30. The molecule has 4 heteroatoms. The number of hydrogen-bond donors (Lipinski definition) is 2. The average molecular weight is 347 g/mol. The number of hydrogen-bond acceptors (Lipinski definition) is 2. The van der Waals surface area contributed by atoms with E-state index in [1.54, 1.807) is 0 Å². The second-order valence-corrected chi connectivity index (χ2v) is 6.44. The van der Waals surface area contributed by atoms with Gasteiger partial charge in [-0.2, -0.15) is 0 Å². The molecule has 1 amide bonds. The lowest BCUT2D eigenvalue weighted by molar-refractivity contribution is -0.117. The molecule has 0 aromatic heterocycles. The van der Waals surface area contributed by atoms with Crippen LogP contribution in [0.5, 0.6) is 0 Å². The van der Waals surface area contributed by atoms with Gasteiger partial charge in [-0.05, 0) is 49.4 Å². The summed E-state index contributed by atoms with van der Waals surface area (Å²) in [6.07, 6.45) is 2.80. The maximum Gasteiger partial charge on any atom is 0.224 e. The van der Waals surface area contributed by atoms with Crippen molar-refractivity contribution in [3.05, 3.63) is 40.9 Å². The van der Waals surface area contributed by atoms with E-state index in [0.29, 0.717) is 12.3 Å². The van der Waals surface area contributed by atoms with E-state index in [0.717, 1.165) is 46.9 Å². The van der Waals surface area contributed by atoms with E-state index in [4.69, 9.17) is 0 Å². The van der Waals surface area contributed by atoms with E-state index in [2.05, 4.69) is 32.6 Å². The Kier molecular flexibility index (Phi) is 4.56. The van der Waals surface area contributed by atoms with E-state index < -0.39 is 0 Å². The van der Waals surface area contributed by atoms with Crippen LogP contribution in [0.2, 0.25) is 0 Å². The number of amides is 1. The normalized spacial score (nSPS) is 16.0.